The second kappa shape index (κ2) is 22.4. The fourth-order valence-electron chi connectivity index (χ4n) is 2.08. The zero-order valence-electron chi connectivity index (χ0n) is 14.6. The van der Waals surface area contributed by atoms with E-state index in [1.54, 1.807) is 0 Å². The lowest BCUT2D eigenvalue weighted by atomic mass is 9.83. The van der Waals surface area contributed by atoms with Crippen molar-refractivity contribution in [2.24, 2.45) is 5.92 Å². The van der Waals surface area contributed by atoms with Gasteiger partial charge in [0.1, 0.15) is 0 Å². The van der Waals surface area contributed by atoms with Crippen LogP contribution < -0.4 is 0 Å². The molecular weight excluding hydrogens is 228 g/mol. The predicted molar refractivity (Wildman–Crippen MR) is 93.7 cm³/mol. The third-order valence-corrected chi connectivity index (χ3v) is 2.83. The van der Waals surface area contributed by atoms with Gasteiger partial charge in [0.2, 0.25) is 0 Å². The van der Waals surface area contributed by atoms with Crippen LogP contribution in [0.15, 0.2) is 36.5 Å². The number of hydrogen-bond donors (Lipinski definition) is 0. The number of rotatable bonds is 3. The van der Waals surface area contributed by atoms with Crippen LogP contribution in [0.1, 0.15) is 80.6 Å². The van der Waals surface area contributed by atoms with Gasteiger partial charge in [-0.15, -0.1) is 0 Å². The van der Waals surface area contributed by atoms with Crippen molar-refractivity contribution in [1.29, 1.82) is 0 Å². The minimum atomic E-state index is 0.815. The van der Waals surface area contributed by atoms with Crippen molar-refractivity contribution in [3.05, 3.63) is 36.5 Å². The van der Waals surface area contributed by atoms with Crippen molar-refractivity contribution in [3.8, 4) is 0 Å². The van der Waals surface area contributed by atoms with Crippen molar-refractivity contribution in [3.63, 3.8) is 0 Å². The lowest BCUT2D eigenvalue weighted by Gasteiger charge is -2.22. The Hall–Kier alpha value is -0.780. The fourth-order valence-corrected chi connectivity index (χ4v) is 2.08. The molecule has 0 spiro atoms. The molecule has 0 aromatic carbocycles. The van der Waals surface area contributed by atoms with Gasteiger partial charge in [-0.05, 0) is 31.3 Å². The van der Waals surface area contributed by atoms with E-state index >= 15 is 0 Å². The topological polar surface area (TPSA) is 0 Å². The lowest BCUT2D eigenvalue weighted by molar-refractivity contribution is 0.408. The van der Waals surface area contributed by atoms with E-state index in [0.29, 0.717) is 0 Å². The van der Waals surface area contributed by atoms with Gasteiger partial charge in [0.15, 0.2) is 0 Å². The van der Waals surface area contributed by atoms with Gasteiger partial charge in [-0.1, -0.05) is 91.7 Å². The second-order valence-corrected chi connectivity index (χ2v) is 3.72. The van der Waals surface area contributed by atoms with Gasteiger partial charge in [0, 0.05) is 0 Å². The first-order valence-corrected chi connectivity index (χ1v) is 8.33. The van der Waals surface area contributed by atoms with E-state index in [4.69, 9.17) is 0 Å². The van der Waals surface area contributed by atoms with E-state index in [2.05, 4.69) is 25.7 Å². The molecule has 0 amide bonds. The first-order valence-electron chi connectivity index (χ1n) is 8.33. The lowest BCUT2D eigenvalue weighted by Crippen LogP contribution is -2.07. The summed E-state index contributed by atoms with van der Waals surface area (Å²) < 4.78 is 0. The van der Waals surface area contributed by atoms with E-state index in [0.717, 1.165) is 5.92 Å². The Kier molecular flexibility index (Phi) is 27.5. The highest BCUT2D eigenvalue weighted by atomic mass is 14.2. The molecule has 19 heavy (non-hydrogen) atoms. The van der Waals surface area contributed by atoms with Gasteiger partial charge < -0.3 is 0 Å². The van der Waals surface area contributed by atoms with E-state index in [-0.39, 0.29) is 0 Å². The Bertz CT molecular complexity index is 202. The quantitative estimate of drug-likeness (QED) is 0.469. The monoisotopic (exact) mass is 266 g/mol. The van der Waals surface area contributed by atoms with E-state index < -0.39 is 0 Å². The maximum absolute atomic E-state index is 3.70. The van der Waals surface area contributed by atoms with Crippen molar-refractivity contribution in [2.45, 2.75) is 80.6 Å². The summed E-state index contributed by atoms with van der Waals surface area (Å²) in [7, 11) is 0. The molecule has 0 radical (unpaired) electrons. The maximum Gasteiger partial charge on any atom is -0.0165 e. The van der Waals surface area contributed by atoms with Crippen LogP contribution in [0.5, 0.6) is 0 Å². The van der Waals surface area contributed by atoms with Gasteiger partial charge in [-0.25, -0.2) is 0 Å². The van der Waals surface area contributed by atoms with Gasteiger partial charge in [-0.3, -0.25) is 0 Å². The Morgan fingerprint density at radius 1 is 0.895 bits per heavy atom. The molecule has 0 saturated heterocycles. The van der Waals surface area contributed by atoms with E-state index in [9.17, 15) is 0 Å². The highest BCUT2D eigenvalue weighted by Crippen LogP contribution is 2.30. The molecule has 114 valence electrons. The standard InChI is InChI=1S/C13H20.3C2H6/c1-3-5-9-12(4-2)13-10-7-6-8-11-13;3*1-2/h3-5,9,13H,1,6-8,10-11H2,2H3;3*1-2H3/b9-5-,12-4+;;;. The summed E-state index contributed by atoms with van der Waals surface area (Å²) in [6.07, 6.45) is 15.4. The van der Waals surface area contributed by atoms with Gasteiger partial charge in [-0.2, -0.15) is 0 Å². The molecule has 1 fully saturated rings. The van der Waals surface area contributed by atoms with Gasteiger partial charge in [0.25, 0.3) is 0 Å². The average molecular weight is 267 g/mol. The zero-order valence-corrected chi connectivity index (χ0v) is 14.6. The minimum absolute atomic E-state index is 0.815. The smallest absolute Gasteiger partial charge is 0.0165 e. The first-order chi connectivity index (χ1) is 9.38. The van der Waals surface area contributed by atoms with Crippen LogP contribution >= 0.6 is 0 Å². The summed E-state index contributed by atoms with van der Waals surface area (Å²) in [5.74, 6) is 0.815. The van der Waals surface area contributed by atoms with Crippen LogP contribution in [-0.2, 0) is 0 Å². The molecule has 0 aromatic heterocycles. The summed E-state index contributed by atoms with van der Waals surface area (Å²) >= 11 is 0. The summed E-state index contributed by atoms with van der Waals surface area (Å²) in [5.41, 5.74) is 1.50. The summed E-state index contributed by atoms with van der Waals surface area (Å²) in [4.78, 5) is 0. The Balaban J connectivity index is -0.000000375. The second-order valence-electron chi connectivity index (χ2n) is 3.72. The van der Waals surface area contributed by atoms with Crippen LogP contribution in [0.3, 0.4) is 0 Å². The van der Waals surface area contributed by atoms with Crippen LogP contribution in [0.25, 0.3) is 0 Å². The normalized spacial score (nSPS) is 15.2. The molecule has 0 heteroatoms. The summed E-state index contributed by atoms with van der Waals surface area (Å²) in [6, 6.07) is 0. The van der Waals surface area contributed by atoms with E-state index in [1.807, 2.05) is 53.7 Å². The minimum Gasteiger partial charge on any atom is -0.0991 e. The molecule has 1 rings (SSSR count). The van der Waals surface area contributed by atoms with Crippen molar-refractivity contribution < 1.29 is 0 Å². The van der Waals surface area contributed by atoms with Gasteiger partial charge >= 0.3 is 0 Å². The third kappa shape index (κ3) is 13.5. The highest BCUT2D eigenvalue weighted by molar-refractivity contribution is 5.23. The largest absolute Gasteiger partial charge is 0.0991 e. The molecule has 1 saturated carbocycles. The van der Waals surface area contributed by atoms with Crippen LogP contribution in [-0.4, -0.2) is 0 Å². The summed E-state index contributed by atoms with van der Waals surface area (Å²) in [5, 5.41) is 0. The van der Waals surface area contributed by atoms with Crippen molar-refractivity contribution >= 4 is 0 Å². The average Bonchev–Trinajstić information content (AvgIpc) is 2.55. The molecule has 0 atom stereocenters. The molecule has 1 aliphatic carbocycles. The van der Waals surface area contributed by atoms with Crippen LogP contribution in [0, 0.1) is 5.92 Å². The molecule has 0 bridgehead atoms. The Morgan fingerprint density at radius 3 is 1.74 bits per heavy atom. The molecule has 0 N–H and O–H groups in total. The van der Waals surface area contributed by atoms with E-state index in [1.165, 1.54) is 37.7 Å². The predicted octanol–water partition coefficient (Wildman–Crippen LogP) is 7.33. The summed E-state index contributed by atoms with van der Waals surface area (Å²) in [6.45, 7) is 17.8. The van der Waals surface area contributed by atoms with Crippen molar-refractivity contribution in [1.82, 2.24) is 0 Å². The van der Waals surface area contributed by atoms with Crippen LogP contribution in [0.2, 0.25) is 0 Å². The number of hydrogen-bond acceptors (Lipinski definition) is 0. The highest BCUT2D eigenvalue weighted by Gasteiger charge is 2.14. The van der Waals surface area contributed by atoms with Crippen molar-refractivity contribution in [2.75, 3.05) is 0 Å². The Morgan fingerprint density at radius 2 is 1.37 bits per heavy atom. The zero-order chi connectivity index (χ0) is 15.5. The molecule has 0 aromatic rings. The first kappa shape index (κ1) is 23.3. The molecule has 0 unspecified atom stereocenters. The fraction of sp³-hybridized carbons (Fsp3) is 0.684. The SMILES string of the molecule is C=C/C=C\C(=C/C)C1CCCCC1.CC.CC.CC. The molecule has 1 aliphatic rings. The Labute approximate surface area is 123 Å². The molecule has 0 aliphatic heterocycles. The van der Waals surface area contributed by atoms with Gasteiger partial charge in [0.05, 0.1) is 0 Å². The van der Waals surface area contributed by atoms with Crippen LogP contribution in [0.4, 0.5) is 0 Å². The number of allylic oxidation sites excluding steroid dienone is 5. The third-order valence-electron chi connectivity index (χ3n) is 2.83. The molecule has 0 heterocycles. The molecular formula is C19H38. The maximum atomic E-state index is 3.70. The molecule has 0 nitrogen and oxygen atoms in total.